The van der Waals surface area contributed by atoms with Gasteiger partial charge in [0.05, 0.1) is 12.6 Å². The number of nitrogens with zero attached hydrogens (tertiary/aromatic N) is 3. The number of aromatic nitrogens is 2. The Hall–Kier alpha value is -3.19. The van der Waals surface area contributed by atoms with E-state index >= 15 is 0 Å². The van der Waals surface area contributed by atoms with Gasteiger partial charge in [0.25, 0.3) is 0 Å². The largest absolute Gasteiger partial charge is 0.394 e. The summed E-state index contributed by atoms with van der Waals surface area (Å²) < 4.78 is 5.09. The summed E-state index contributed by atoms with van der Waals surface area (Å²) >= 11 is 0. The summed E-state index contributed by atoms with van der Waals surface area (Å²) in [6.45, 7) is -0.187. The van der Waals surface area contributed by atoms with Crippen molar-refractivity contribution in [2.75, 3.05) is 25.6 Å². The second-order valence-electron chi connectivity index (χ2n) is 6.41. The maximum absolute atomic E-state index is 12.4. The van der Waals surface area contributed by atoms with E-state index in [2.05, 4.69) is 15.5 Å². The number of benzene rings is 2. The van der Waals surface area contributed by atoms with Crippen LogP contribution in [-0.2, 0) is 6.42 Å². The third-order valence-corrected chi connectivity index (χ3v) is 4.14. The second kappa shape index (κ2) is 8.46. The third kappa shape index (κ3) is 4.71. The zero-order chi connectivity index (χ0) is 19.2. The maximum Gasteiger partial charge on any atom is 0.316 e. The quantitative estimate of drug-likeness (QED) is 0.666. The van der Waals surface area contributed by atoms with E-state index in [1.165, 1.54) is 0 Å². The standard InChI is InChI=1S/C20H22N4O3/c1-24(2)17-10-8-15(9-11-17)18-22-20(27-23-18)19(26)21-16(13-25)12-14-6-4-3-5-7-14/h3-11,16,25H,12-13H2,1-2H3,(H,21,26). The molecule has 1 unspecified atom stereocenters. The Bertz CT molecular complexity index is 876. The van der Waals surface area contributed by atoms with E-state index in [0.29, 0.717) is 12.2 Å². The fourth-order valence-corrected chi connectivity index (χ4v) is 2.65. The van der Waals surface area contributed by atoms with Crippen molar-refractivity contribution in [1.29, 1.82) is 0 Å². The molecule has 0 spiro atoms. The lowest BCUT2D eigenvalue weighted by molar-refractivity contribution is 0.0872. The molecule has 140 valence electrons. The van der Waals surface area contributed by atoms with Crippen molar-refractivity contribution in [3.05, 3.63) is 66.1 Å². The molecule has 1 aromatic heterocycles. The SMILES string of the molecule is CN(C)c1ccc(-c2noc(C(=O)NC(CO)Cc3ccccc3)n2)cc1. The number of rotatable bonds is 7. The predicted octanol–water partition coefficient (Wildman–Crippen LogP) is 2.14. The van der Waals surface area contributed by atoms with E-state index in [0.717, 1.165) is 16.8 Å². The van der Waals surface area contributed by atoms with Gasteiger partial charge in [-0.05, 0) is 36.2 Å². The summed E-state index contributed by atoms with van der Waals surface area (Å²) in [6, 6.07) is 16.8. The molecule has 0 saturated heterocycles. The van der Waals surface area contributed by atoms with Crippen LogP contribution >= 0.6 is 0 Å². The molecule has 1 heterocycles. The molecule has 0 aliphatic rings. The number of anilines is 1. The van der Waals surface area contributed by atoms with E-state index in [-0.39, 0.29) is 12.5 Å². The van der Waals surface area contributed by atoms with E-state index in [1.807, 2.05) is 73.6 Å². The number of nitrogens with one attached hydrogen (secondary N) is 1. The molecule has 7 nitrogen and oxygen atoms in total. The van der Waals surface area contributed by atoms with Crippen molar-refractivity contribution in [2.24, 2.45) is 0 Å². The van der Waals surface area contributed by atoms with Crippen molar-refractivity contribution in [1.82, 2.24) is 15.5 Å². The minimum Gasteiger partial charge on any atom is -0.394 e. The number of carbonyl (C=O) groups is 1. The molecule has 0 fully saturated rings. The molecular weight excluding hydrogens is 344 g/mol. The fourth-order valence-electron chi connectivity index (χ4n) is 2.65. The van der Waals surface area contributed by atoms with Gasteiger partial charge in [-0.25, -0.2) is 0 Å². The normalized spacial score (nSPS) is 11.8. The highest BCUT2D eigenvalue weighted by Gasteiger charge is 2.20. The fraction of sp³-hybridized carbons (Fsp3) is 0.250. The first kappa shape index (κ1) is 18.6. The summed E-state index contributed by atoms with van der Waals surface area (Å²) in [5, 5.41) is 16.2. The summed E-state index contributed by atoms with van der Waals surface area (Å²) in [6.07, 6.45) is 0.510. The number of carbonyl (C=O) groups excluding carboxylic acids is 1. The molecule has 0 saturated carbocycles. The van der Waals surface area contributed by atoms with E-state index < -0.39 is 11.9 Å². The smallest absolute Gasteiger partial charge is 0.316 e. The number of aliphatic hydroxyl groups excluding tert-OH is 1. The van der Waals surface area contributed by atoms with Crippen LogP contribution in [0.1, 0.15) is 16.2 Å². The number of hydrogen-bond acceptors (Lipinski definition) is 6. The lowest BCUT2D eigenvalue weighted by atomic mass is 10.1. The molecular formula is C20H22N4O3. The van der Waals surface area contributed by atoms with Crippen molar-refractivity contribution >= 4 is 11.6 Å². The van der Waals surface area contributed by atoms with Crippen molar-refractivity contribution in [3.8, 4) is 11.4 Å². The summed E-state index contributed by atoms with van der Waals surface area (Å²) in [7, 11) is 3.91. The van der Waals surface area contributed by atoms with Crippen LogP contribution in [0, 0.1) is 0 Å². The summed E-state index contributed by atoms with van der Waals surface area (Å²) in [4.78, 5) is 18.5. The van der Waals surface area contributed by atoms with Crippen LogP contribution < -0.4 is 10.2 Å². The van der Waals surface area contributed by atoms with Crippen LogP contribution in [0.15, 0.2) is 59.1 Å². The molecule has 0 aliphatic heterocycles. The van der Waals surface area contributed by atoms with Crippen LogP contribution in [-0.4, -0.2) is 47.9 Å². The molecule has 0 bridgehead atoms. The predicted molar refractivity (Wildman–Crippen MR) is 103 cm³/mol. The van der Waals surface area contributed by atoms with Crippen LogP contribution in [0.3, 0.4) is 0 Å². The van der Waals surface area contributed by atoms with Crippen LogP contribution in [0.4, 0.5) is 5.69 Å². The summed E-state index contributed by atoms with van der Waals surface area (Å²) in [5.41, 5.74) is 2.82. The number of aliphatic hydroxyl groups is 1. The molecule has 27 heavy (non-hydrogen) atoms. The molecule has 1 atom stereocenters. The highest BCUT2D eigenvalue weighted by Crippen LogP contribution is 2.20. The third-order valence-electron chi connectivity index (χ3n) is 4.14. The van der Waals surface area contributed by atoms with Crippen molar-refractivity contribution in [3.63, 3.8) is 0 Å². The molecule has 1 amide bonds. The molecule has 7 heteroatoms. The molecule has 0 radical (unpaired) electrons. The zero-order valence-electron chi connectivity index (χ0n) is 15.3. The minimum atomic E-state index is -0.506. The van der Waals surface area contributed by atoms with Gasteiger partial charge in [0.1, 0.15) is 0 Å². The molecule has 0 aliphatic carbocycles. The van der Waals surface area contributed by atoms with E-state index in [4.69, 9.17) is 4.52 Å². The minimum absolute atomic E-state index is 0.131. The second-order valence-corrected chi connectivity index (χ2v) is 6.41. The maximum atomic E-state index is 12.4. The number of hydrogen-bond donors (Lipinski definition) is 2. The first-order chi connectivity index (χ1) is 13.1. The van der Waals surface area contributed by atoms with Gasteiger partial charge in [-0.3, -0.25) is 4.79 Å². The molecule has 2 aromatic carbocycles. The van der Waals surface area contributed by atoms with E-state index in [1.54, 1.807) is 0 Å². The Morgan fingerprint density at radius 1 is 1.15 bits per heavy atom. The van der Waals surface area contributed by atoms with Crippen molar-refractivity contribution < 1.29 is 14.4 Å². The average Bonchev–Trinajstić information content (AvgIpc) is 3.18. The molecule has 2 N–H and O–H groups in total. The molecule has 3 rings (SSSR count). The Kier molecular flexibility index (Phi) is 5.83. The highest BCUT2D eigenvalue weighted by atomic mass is 16.5. The van der Waals surface area contributed by atoms with Crippen molar-refractivity contribution in [2.45, 2.75) is 12.5 Å². The van der Waals surface area contributed by atoms with Crippen LogP contribution in [0.25, 0.3) is 11.4 Å². The Balaban J connectivity index is 1.67. The van der Waals surface area contributed by atoms with Gasteiger partial charge in [0, 0.05) is 25.3 Å². The first-order valence-electron chi connectivity index (χ1n) is 8.64. The monoisotopic (exact) mass is 366 g/mol. The van der Waals surface area contributed by atoms with Crippen LogP contribution in [0.2, 0.25) is 0 Å². The Morgan fingerprint density at radius 3 is 2.48 bits per heavy atom. The van der Waals surface area contributed by atoms with Crippen LogP contribution in [0.5, 0.6) is 0 Å². The van der Waals surface area contributed by atoms with Gasteiger partial charge in [0.2, 0.25) is 5.82 Å². The topological polar surface area (TPSA) is 91.5 Å². The lowest BCUT2D eigenvalue weighted by Crippen LogP contribution is -2.39. The molecule has 3 aromatic rings. The Morgan fingerprint density at radius 2 is 1.85 bits per heavy atom. The first-order valence-corrected chi connectivity index (χ1v) is 8.64. The Labute approximate surface area is 157 Å². The zero-order valence-corrected chi connectivity index (χ0v) is 15.3. The van der Waals surface area contributed by atoms with Gasteiger partial charge in [-0.15, -0.1) is 0 Å². The van der Waals surface area contributed by atoms with Gasteiger partial charge >= 0.3 is 11.8 Å². The average molecular weight is 366 g/mol. The van der Waals surface area contributed by atoms with Gasteiger partial charge in [0.15, 0.2) is 0 Å². The lowest BCUT2D eigenvalue weighted by Gasteiger charge is -2.14. The van der Waals surface area contributed by atoms with E-state index in [9.17, 15) is 9.90 Å². The van der Waals surface area contributed by atoms with Gasteiger partial charge in [-0.1, -0.05) is 35.5 Å². The summed E-state index contributed by atoms with van der Waals surface area (Å²) in [5.74, 6) is -0.295. The highest BCUT2D eigenvalue weighted by molar-refractivity contribution is 5.90. The van der Waals surface area contributed by atoms with Gasteiger partial charge < -0.3 is 19.8 Å². The van der Waals surface area contributed by atoms with Gasteiger partial charge in [-0.2, -0.15) is 4.98 Å². The number of amides is 1.